The van der Waals surface area contributed by atoms with Gasteiger partial charge in [-0.1, -0.05) is 30.1 Å². The number of piperidine rings is 1. The van der Waals surface area contributed by atoms with Crippen molar-refractivity contribution in [1.82, 2.24) is 10.2 Å². The third kappa shape index (κ3) is 5.87. The molecular formula is C18H24Cl2N2O3. The van der Waals surface area contributed by atoms with E-state index in [0.29, 0.717) is 22.3 Å². The van der Waals surface area contributed by atoms with Gasteiger partial charge in [0, 0.05) is 32.6 Å². The van der Waals surface area contributed by atoms with Crippen molar-refractivity contribution < 1.29 is 14.3 Å². The Bertz CT molecular complexity index is 604. The smallest absolute Gasteiger partial charge is 0.216 e. The zero-order valence-electron chi connectivity index (χ0n) is 14.5. The summed E-state index contributed by atoms with van der Waals surface area (Å²) >= 11 is 11.9. The van der Waals surface area contributed by atoms with E-state index in [-0.39, 0.29) is 24.0 Å². The molecule has 0 bridgehead atoms. The Morgan fingerprint density at radius 1 is 1.36 bits per heavy atom. The van der Waals surface area contributed by atoms with Crippen molar-refractivity contribution in [1.29, 1.82) is 0 Å². The number of nitrogens with zero attached hydrogens (tertiary/aromatic N) is 1. The van der Waals surface area contributed by atoms with E-state index >= 15 is 0 Å². The van der Waals surface area contributed by atoms with Crippen LogP contribution in [0.3, 0.4) is 0 Å². The SMILES string of the molecule is CC(=O)NCC(C)C(C=O)N1CCC(Oc2ccc(Cl)c(Cl)c2)CC1. The highest BCUT2D eigenvalue weighted by atomic mass is 35.5. The summed E-state index contributed by atoms with van der Waals surface area (Å²) in [6, 6.07) is 5.06. The van der Waals surface area contributed by atoms with Crippen LogP contribution in [0.2, 0.25) is 10.0 Å². The number of hydrogen-bond donors (Lipinski definition) is 1. The molecule has 2 atom stereocenters. The van der Waals surface area contributed by atoms with Gasteiger partial charge in [0.05, 0.1) is 16.1 Å². The summed E-state index contributed by atoms with van der Waals surface area (Å²) in [5.74, 6) is 0.693. The Morgan fingerprint density at radius 3 is 2.60 bits per heavy atom. The third-order valence-corrected chi connectivity index (χ3v) is 5.23. The number of ether oxygens (including phenoxy) is 1. The third-order valence-electron chi connectivity index (χ3n) is 4.49. The molecule has 0 aromatic heterocycles. The second-order valence-corrected chi connectivity index (χ2v) is 7.28. The number of nitrogens with one attached hydrogen (secondary N) is 1. The largest absolute Gasteiger partial charge is 0.490 e. The number of carbonyl (C=O) groups excluding carboxylic acids is 2. The second kappa shape index (κ2) is 9.41. The van der Waals surface area contributed by atoms with Crippen LogP contribution in [0, 0.1) is 5.92 Å². The summed E-state index contributed by atoms with van der Waals surface area (Å²) in [5, 5.41) is 3.76. The van der Waals surface area contributed by atoms with Gasteiger partial charge in [0.15, 0.2) is 0 Å². The molecule has 0 aliphatic carbocycles. The summed E-state index contributed by atoms with van der Waals surface area (Å²) in [4.78, 5) is 24.7. The zero-order valence-corrected chi connectivity index (χ0v) is 16.0. The van der Waals surface area contributed by atoms with Crippen LogP contribution in [0.25, 0.3) is 0 Å². The quantitative estimate of drug-likeness (QED) is 0.731. The maximum atomic E-state index is 11.5. The Morgan fingerprint density at radius 2 is 2.04 bits per heavy atom. The average molecular weight is 387 g/mol. The first-order chi connectivity index (χ1) is 11.9. The fraction of sp³-hybridized carbons (Fsp3) is 0.556. The van der Waals surface area contributed by atoms with Crippen LogP contribution >= 0.6 is 23.2 Å². The van der Waals surface area contributed by atoms with Gasteiger partial charge in [-0.05, 0) is 30.9 Å². The normalized spacial score (nSPS) is 18.4. The van der Waals surface area contributed by atoms with Gasteiger partial charge in [-0.2, -0.15) is 0 Å². The van der Waals surface area contributed by atoms with Gasteiger partial charge in [0.1, 0.15) is 18.1 Å². The van der Waals surface area contributed by atoms with Gasteiger partial charge < -0.3 is 14.8 Å². The van der Waals surface area contributed by atoms with Crippen LogP contribution in [-0.4, -0.2) is 48.9 Å². The van der Waals surface area contributed by atoms with Gasteiger partial charge in [0.25, 0.3) is 0 Å². The van der Waals surface area contributed by atoms with Crippen LogP contribution in [0.4, 0.5) is 0 Å². The summed E-state index contributed by atoms with van der Waals surface area (Å²) in [7, 11) is 0. The van der Waals surface area contributed by atoms with Crippen molar-refractivity contribution in [2.45, 2.75) is 38.8 Å². The van der Waals surface area contributed by atoms with E-state index < -0.39 is 0 Å². The van der Waals surface area contributed by atoms with Crippen LogP contribution in [0.1, 0.15) is 26.7 Å². The molecule has 2 rings (SSSR count). The monoisotopic (exact) mass is 386 g/mol. The number of aldehydes is 1. The number of hydrogen-bond acceptors (Lipinski definition) is 4. The fourth-order valence-corrected chi connectivity index (χ4v) is 3.33. The number of carbonyl (C=O) groups is 2. The molecule has 1 fully saturated rings. The van der Waals surface area contributed by atoms with Gasteiger partial charge in [0.2, 0.25) is 5.91 Å². The summed E-state index contributed by atoms with van der Waals surface area (Å²) < 4.78 is 5.98. The molecule has 138 valence electrons. The van der Waals surface area contributed by atoms with E-state index in [2.05, 4.69) is 10.2 Å². The summed E-state index contributed by atoms with van der Waals surface area (Å²) in [6.07, 6.45) is 2.73. The predicted octanol–water partition coefficient (Wildman–Crippen LogP) is 3.18. The Kier molecular flexibility index (Phi) is 7.54. The number of amides is 1. The van der Waals surface area contributed by atoms with Crippen LogP contribution in [0.15, 0.2) is 18.2 Å². The van der Waals surface area contributed by atoms with Crippen molar-refractivity contribution in [3.63, 3.8) is 0 Å². The molecule has 1 aliphatic rings. The van der Waals surface area contributed by atoms with E-state index in [9.17, 15) is 9.59 Å². The van der Waals surface area contributed by atoms with Crippen molar-refractivity contribution in [2.75, 3.05) is 19.6 Å². The van der Waals surface area contributed by atoms with E-state index in [0.717, 1.165) is 32.2 Å². The highest BCUT2D eigenvalue weighted by Gasteiger charge is 2.29. The lowest BCUT2D eigenvalue weighted by Gasteiger charge is -2.37. The zero-order chi connectivity index (χ0) is 18.4. The van der Waals surface area contributed by atoms with Gasteiger partial charge >= 0.3 is 0 Å². The van der Waals surface area contributed by atoms with E-state index in [1.54, 1.807) is 12.1 Å². The standard InChI is InChI=1S/C18H24Cl2N2O3/c1-12(10-21-13(2)24)18(11-23)22-7-5-14(6-8-22)25-15-3-4-16(19)17(20)9-15/h3-4,9,11-12,14,18H,5-8,10H2,1-2H3,(H,21,24). The number of halogens is 2. The molecule has 1 heterocycles. The second-order valence-electron chi connectivity index (χ2n) is 6.47. The molecule has 25 heavy (non-hydrogen) atoms. The molecule has 2 unspecified atom stereocenters. The molecule has 1 aromatic rings. The Balaban J connectivity index is 1.85. The van der Waals surface area contributed by atoms with Gasteiger partial charge in [-0.3, -0.25) is 9.69 Å². The highest BCUT2D eigenvalue weighted by molar-refractivity contribution is 6.42. The minimum absolute atomic E-state index is 0.0638. The maximum Gasteiger partial charge on any atom is 0.216 e. The Hall–Kier alpha value is -1.30. The van der Waals surface area contributed by atoms with Crippen molar-refractivity contribution >= 4 is 35.4 Å². The molecule has 1 aromatic carbocycles. The average Bonchev–Trinajstić information content (AvgIpc) is 2.58. The molecule has 5 nitrogen and oxygen atoms in total. The molecule has 1 aliphatic heterocycles. The van der Waals surface area contributed by atoms with Gasteiger partial charge in [-0.15, -0.1) is 0 Å². The Labute approximate surface area is 158 Å². The van der Waals surface area contributed by atoms with E-state index in [4.69, 9.17) is 27.9 Å². The molecule has 7 heteroatoms. The fourth-order valence-electron chi connectivity index (χ4n) is 3.04. The first-order valence-corrected chi connectivity index (χ1v) is 9.21. The topological polar surface area (TPSA) is 58.6 Å². The van der Waals surface area contributed by atoms with Crippen molar-refractivity contribution in [3.8, 4) is 5.75 Å². The lowest BCUT2D eigenvalue weighted by atomic mass is 9.97. The molecule has 1 saturated heterocycles. The molecule has 0 saturated carbocycles. The lowest BCUT2D eigenvalue weighted by molar-refractivity contribution is -0.120. The number of benzene rings is 1. The highest BCUT2D eigenvalue weighted by Crippen LogP contribution is 2.28. The number of likely N-dealkylation sites (tertiary alicyclic amines) is 1. The molecule has 0 spiro atoms. The van der Waals surface area contributed by atoms with Crippen molar-refractivity contribution in [3.05, 3.63) is 28.2 Å². The summed E-state index contributed by atoms with van der Waals surface area (Å²) in [6.45, 7) is 5.51. The number of rotatable bonds is 7. The van der Waals surface area contributed by atoms with E-state index in [1.165, 1.54) is 6.92 Å². The first kappa shape index (κ1) is 20.0. The molecule has 0 radical (unpaired) electrons. The summed E-state index contributed by atoms with van der Waals surface area (Å²) in [5.41, 5.74) is 0. The van der Waals surface area contributed by atoms with Crippen LogP contribution in [0.5, 0.6) is 5.75 Å². The van der Waals surface area contributed by atoms with Crippen molar-refractivity contribution in [2.24, 2.45) is 5.92 Å². The maximum absolute atomic E-state index is 11.5. The van der Waals surface area contributed by atoms with Gasteiger partial charge in [-0.25, -0.2) is 0 Å². The molecular weight excluding hydrogens is 363 g/mol. The first-order valence-electron chi connectivity index (χ1n) is 8.46. The van der Waals surface area contributed by atoms with Crippen LogP contribution < -0.4 is 10.1 Å². The van der Waals surface area contributed by atoms with E-state index in [1.807, 2.05) is 13.0 Å². The lowest BCUT2D eigenvalue weighted by Crippen LogP contribution is -2.49. The minimum Gasteiger partial charge on any atom is -0.490 e. The molecule has 1 amide bonds. The predicted molar refractivity (Wildman–Crippen MR) is 99.4 cm³/mol. The minimum atomic E-state index is -0.197. The van der Waals surface area contributed by atoms with Crippen LogP contribution in [-0.2, 0) is 9.59 Å². The molecule has 1 N–H and O–H groups in total.